The van der Waals surface area contributed by atoms with Crippen molar-refractivity contribution in [3.63, 3.8) is 0 Å². The number of hydrogen-bond acceptors (Lipinski definition) is 2. The predicted octanol–water partition coefficient (Wildman–Crippen LogP) is 5.92. The van der Waals surface area contributed by atoms with Gasteiger partial charge in [0.25, 0.3) is 0 Å². The Kier molecular flexibility index (Phi) is 3.65. The molecule has 2 aliphatic heterocycles. The van der Waals surface area contributed by atoms with Crippen LogP contribution in [0.2, 0.25) is 0 Å². The lowest BCUT2D eigenvalue weighted by molar-refractivity contribution is 0.101. The average Bonchev–Trinajstić information content (AvgIpc) is 3.38. The largest absolute Gasteiger partial charge is 0.363 e. The van der Waals surface area contributed by atoms with Crippen molar-refractivity contribution in [3.8, 4) is 0 Å². The minimum atomic E-state index is -0.184. The third-order valence-electron chi connectivity index (χ3n) is 7.47. The summed E-state index contributed by atoms with van der Waals surface area (Å²) in [6.45, 7) is 2.69. The highest BCUT2D eigenvalue weighted by molar-refractivity contribution is 5.95. The number of halogens is 1. The fourth-order valence-electron chi connectivity index (χ4n) is 6.22. The zero-order chi connectivity index (χ0) is 19.7. The minimum absolute atomic E-state index is 0.138. The van der Waals surface area contributed by atoms with Crippen molar-refractivity contribution in [2.24, 2.45) is 11.8 Å². The Morgan fingerprint density at radius 3 is 2.45 bits per heavy atom. The number of Topliss-reactive ketones (excluding diaryl/α,β-unsaturated/α-hetero) is 1. The monoisotopic (exact) mass is 385 g/mol. The lowest BCUT2D eigenvalue weighted by Gasteiger charge is -2.51. The Hall–Kier alpha value is -2.68. The summed E-state index contributed by atoms with van der Waals surface area (Å²) >= 11 is 0. The first-order chi connectivity index (χ1) is 14.1. The highest BCUT2D eigenvalue weighted by atomic mass is 19.1. The van der Waals surface area contributed by atoms with Gasteiger partial charge in [0.1, 0.15) is 5.82 Å². The molecule has 0 unspecified atom stereocenters. The maximum atomic E-state index is 13.6. The van der Waals surface area contributed by atoms with Gasteiger partial charge in [0.05, 0.1) is 6.04 Å². The molecule has 5 atom stereocenters. The second-order valence-electron chi connectivity index (χ2n) is 9.01. The molecule has 2 aromatic rings. The van der Waals surface area contributed by atoms with Crippen LogP contribution >= 0.6 is 0 Å². The van der Waals surface area contributed by atoms with Crippen molar-refractivity contribution in [3.05, 3.63) is 88.8 Å². The normalized spacial score (nSPS) is 30.8. The van der Waals surface area contributed by atoms with Crippen molar-refractivity contribution in [1.29, 1.82) is 0 Å². The van der Waals surface area contributed by atoms with Gasteiger partial charge in [-0.25, -0.2) is 4.39 Å². The summed E-state index contributed by atoms with van der Waals surface area (Å²) in [6, 6.07) is 11.6. The van der Waals surface area contributed by atoms with Gasteiger partial charge >= 0.3 is 0 Å². The first-order valence-corrected chi connectivity index (χ1v) is 10.7. The number of allylic oxidation sites excluding steroid dienone is 4. The van der Waals surface area contributed by atoms with Crippen LogP contribution < -0.4 is 4.90 Å². The standard InChI is InChI=1S/C26H24FNO/c1-15(29)18-12-23-20-5-2-4-17(20)14-28-25(16-8-10-19(27)11-9-16)22-7-3-6-21(22)24(13-18)26(23)28/h2-3,5-6,8-13,17,20-22,25H,4,7,14H2,1H3/t17-,20-,21-,22+,25+/m1/s1. The Balaban J connectivity index is 1.59. The molecule has 3 heteroatoms. The van der Waals surface area contributed by atoms with Crippen LogP contribution in [0.3, 0.4) is 0 Å². The van der Waals surface area contributed by atoms with Crippen LogP contribution in [-0.4, -0.2) is 12.3 Å². The maximum absolute atomic E-state index is 13.6. The molecule has 0 radical (unpaired) electrons. The van der Waals surface area contributed by atoms with Gasteiger partial charge in [0.15, 0.2) is 5.78 Å². The van der Waals surface area contributed by atoms with E-state index in [1.807, 2.05) is 12.1 Å². The number of benzene rings is 2. The molecular formula is C26H24FNO. The Bertz CT molecular complexity index is 1050. The number of ketones is 1. The van der Waals surface area contributed by atoms with Gasteiger partial charge in [-0.1, -0.05) is 36.4 Å². The quantitative estimate of drug-likeness (QED) is 0.472. The van der Waals surface area contributed by atoms with Crippen LogP contribution in [0.4, 0.5) is 10.1 Å². The average molecular weight is 385 g/mol. The molecule has 2 aliphatic carbocycles. The van der Waals surface area contributed by atoms with Crippen LogP contribution in [-0.2, 0) is 0 Å². The first-order valence-electron chi connectivity index (χ1n) is 10.7. The van der Waals surface area contributed by atoms with Crippen LogP contribution in [0.1, 0.15) is 64.7 Å². The third-order valence-corrected chi connectivity index (χ3v) is 7.47. The van der Waals surface area contributed by atoms with E-state index in [-0.39, 0.29) is 17.6 Å². The number of carbonyl (C=O) groups is 1. The molecule has 0 spiro atoms. The molecule has 0 aromatic heterocycles. The van der Waals surface area contributed by atoms with E-state index in [1.165, 1.54) is 22.4 Å². The summed E-state index contributed by atoms with van der Waals surface area (Å²) in [5.41, 5.74) is 5.97. The molecule has 2 nitrogen and oxygen atoms in total. The smallest absolute Gasteiger partial charge is 0.159 e. The molecule has 4 aliphatic rings. The third kappa shape index (κ3) is 2.43. The van der Waals surface area contributed by atoms with Crippen LogP contribution in [0.15, 0.2) is 60.7 Å². The van der Waals surface area contributed by atoms with E-state index in [1.54, 1.807) is 19.1 Å². The van der Waals surface area contributed by atoms with E-state index < -0.39 is 0 Å². The van der Waals surface area contributed by atoms with Gasteiger partial charge in [-0.3, -0.25) is 4.79 Å². The van der Waals surface area contributed by atoms with E-state index in [4.69, 9.17) is 0 Å². The highest BCUT2D eigenvalue weighted by Crippen LogP contribution is 2.58. The topological polar surface area (TPSA) is 20.3 Å². The van der Waals surface area contributed by atoms with Crippen molar-refractivity contribution >= 4 is 11.5 Å². The summed E-state index contributed by atoms with van der Waals surface area (Å²) < 4.78 is 13.6. The van der Waals surface area contributed by atoms with Gasteiger partial charge in [-0.2, -0.15) is 0 Å². The summed E-state index contributed by atoms with van der Waals surface area (Å²) in [5.74, 6) is 1.64. The number of nitrogens with zero attached hydrogens (tertiary/aromatic N) is 1. The van der Waals surface area contributed by atoms with Crippen molar-refractivity contribution in [1.82, 2.24) is 0 Å². The van der Waals surface area contributed by atoms with Gasteiger partial charge in [-0.15, -0.1) is 0 Å². The molecule has 0 amide bonds. The first kappa shape index (κ1) is 17.2. The molecule has 2 heterocycles. The van der Waals surface area contributed by atoms with Crippen molar-refractivity contribution < 1.29 is 9.18 Å². The van der Waals surface area contributed by atoms with Crippen LogP contribution in [0.5, 0.6) is 0 Å². The highest BCUT2D eigenvalue weighted by Gasteiger charge is 2.47. The number of fused-ring (bicyclic) bond motifs is 4. The molecule has 0 saturated heterocycles. The molecule has 0 saturated carbocycles. The van der Waals surface area contributed by atoms with E-state index in [2.05, 4.69) is 41.3 Å². The Labute approximate surface area is 170 Å². The lowest BCUT2D eigenvalue weighted by atomic mass is 9.70. The SMILES string of the molecule is CC(=O)c1cc2c3c(c1)[C@@H]1C=CC[C@@H]1[C@H](c1ccc(F)cc1)N3C[C@H]1CC=C[C@@H]21. The molecule has 29 heavy (non-hydrogen) atoms. The second kappa shape index (κ2) is 6.16. The summed E-state index contributed by atoms with van der Waals surface area (Å²) in [4.78, 5) is 14.9. The van der Waals surface area contributed by atoms with Gasteiger partial charge in [-0.05, 0) is 72.6 Å². The zero-order valence-electron chi connectivity index (χ0n) is 16.5. The number of hydrogen-bond donors (Lipinski definition) is 0. The lowest BCUT2D eigenvalue weighted by Crippen LogP contribution is -2.46. The van der Waals surface area contributed by atoms with Gasteiger partial charge < -0.3 is 4.90 Å². The minimum Gasteiger partial charge on any atom is -0.363 e. The number of rotatable bonds is 2. The number of anilines is 1. The fourth-order valence-corrected chi connectivity index (χ4v) is 6.22. The van der Waals surface area contributed by atoms with E-state index in [0.717, 1.165) is 24.9 Å². The molecule has 6 rings (SSSR count). The van der Waals surface area contributed by atoms with Crippen LogP contribution in [0, 0.1) is 17.7 Å². The molecule has 146 valence electrons. The molecule has 0 fully saturated rings. The second-order valence-corrected chi connectivity index (χ2v) is 9.01. The van der Waals surface area contributed by atoms with Gasteiger partial charge in [0.2, 0.25) is 0 Å². The molecule has 2 aromatic carbocycles. The summed E-state index contributed by atoms with van der Waals surface area (Å²) in [6.07, 6.45) is 11.4. The van der Waals surface area contributed by atoms with Crippen LogP contribution in [0.25, 0.3) is 0 Å². The summed E-state index contributed by atoms with van der Waals surface area (Å²) in [5, 5.41) is 0. The zero-order valence-corrected chi connectivity index (χ0v) is 16.5. The van der Waals surface area contributed by atoms with E-state index >= 15 is 0 Å². The molecule has 0 bridgehead atoms. The molecular weight excluding hydrogens is 361 g/mol. The maximum Gasteiger partial charge on any atom is 0.159 e. The van der Waals surface area contributed by atoms with E-state index in [0.29, 0.717) is 23.7 Å². The summed E-state index contributed by atoms with van der Waals surface area (Å²) in [7, 11) is 0. The fraction of sp³-hybridized carbons (Fsp3) is 0.346. The van der Waals surface area contributed by atoms with E-state index in [9.17, 15) is 9.18 Å². The van der Waals surface area contributed by atoms with Gasteiger partial charge in [0, 0.05) is 29.6 Å². The van der Waals surface area contributed by atoms with Crippen molar-refractivity contribution in [2.45, 2.75) is 37.6 Å². The Morgan fingerprint density at radius 2 is 1.69 bits per heavy atom. The predicted molar refractivity (Wildman–Crippen MR) is 113 cm³/mol. The number of carbonyl (C=O) groups excluding carboxylic acids is 1. The van der Waals surface area contributed by atoms with Crippen molar-refractivity contribution in [2.75, 3.05) is 11.4 Å². The Morgan fingerprint density at radius 1 is 1.00 bits per heavy atom. The molecule has 0 N–H and O–H groups in total.